The number of ether oxygens (including phenoxy) is 1. The van der Waals surface area contributed by atoms with Crippen LogP contribution in [-0.2, 0) is 14.3 Å². The number of hydrogen-bond acceptors (Lipinski definition) is 4. The molecule has 1 saturated carbocycles. The average molecular weight is 334 g/mol. The van der Waals surface area contributed by atoms with Gasteiger partial charge in [0, 0.05) is 33.9 Å². The van der Waals surface area contributed by atoms with E-state index < -0.39 is 11.0 Å². The minimum absolute atomic E-state index is 0. The molecule has 2 amide bonds. The van der Waals surface area contributed by atoms with Crippen LogP contribution < -0.4 is 11.1 Å². The summed E-state index contributed by atoms with van der Waals surface area (Å²) in [5, 5.41) is 2.94. The topological polar surface area (TPSA) is 84.7 Å². The van der Waals surface area contributed by atoms with Crippen LogP contribution >= 0.6 is 12.4 Å². The number of rotatable bonds is 4. The fourth-order valence-corrected chi connectivity index (χ4v) is 3.38. The summed E-state index contributed by atoms with van der Waals surface area (Å²) >= 11 is 0. The van der Waals surface area contributed by atoms with Gasteiger partial charge in [-0.15, -0.1) is 12.4 Å². The molecule has 3 N–H and O–H groups in total. The molecule has 2 rings (SSSR count). The van der Waals surface area contributed by atoms with E-state index in [1.807, 2.05) is 0 Å². The SMILES string of the molecule is CN(C)C(=O)C1(CNC(=O)C2(N)CCOCC2)CCCC1.Cl. The Balaban J connectivity index is 0.00000242. The van der Waals surface area contributed by atoms with Crippen LogP contribution in [0.3, 0.4) is 0 Å². The van der Waals surface area contributed by atoms with Crippen LogP contribution in [0.25, 0.3) is 0 Å². The van der Waals surface area contributed by atoms with E-state index in [-0.39, 0.29) is 24.2 Å². The molecule has 0 aromatic rings. The molecular formula is C15H28ClN3O3. The van der Waals surface area contributed by atoms with Crippen LogP contribution in [-0.4, -0.2) is 56.1 Å². The summed E-state index contributed by atoms with van der Waals surface area (Å²) in [5.41, 5.74) is 4.89. The highest BCUT2D eigenvalue weighted by molar-refractivity contribution is 5.88. The van der Waals surface area contributed by atoms with Gasteiger partial charge in [-0.25, -0.2) is 0 Å². The van der Waals surface area contributed by atoms with Gasteiger partial charge in [0.25, 0.3) is 0 Å². The van der Waals surface area contributed by atoms with Gasteiger partial charge >= 0.3 is 0 Å². The number of nitrogens with one attached hydrogen (secondary N) is 1. The highest BCUT2D eigenvalue weighted by atomic mass is 35.5. The Bertz CT molecular complexity index is 403. The van der Waals surface area contributed by atoms with E-state index in [2.05, 4.69) is 5.32 Å². The summed E-state index contributed by atoms with van der Waals surface area (Å²) in [6.45, 7) is 1.43. The van der Waals surface area contributed by atoms with Gasteiger partial charge in [-0.05, 0) is 25.7 Å². The molecule has 7 heteroatoms. The van der Waals surface area contributed by atoms with Crippen LogP contribution in [0.15, 0.2) is 0 Å². The van der Waals surface area contributed by atoms with E-state index in [1.54, 1.807) is 19.0 Å². The van der Waals surface area contributed by atoms with Gasteiger partial charge in [-0.3, -0.25) is 9.59 Å². The van der Waals surface area contributed by atoms with Crippen molar-refractivity contribution in [2.75, 3.05) is 33.9 Å². The summed E-state index contributed by atoms with van der Waals surface area (Å²) in [6.07, 6.45) is 4.82. The molecule has 0 spiro atoms. The second kappa shape index (κ2) is 7.62. The molecule has 1 aliphatic heterocycles. The van der Waals surface area contributed by atoms with Crippen molar-refractivity contribution >= 4 is 24.2 Å². The minimum atomic E-state index is -0.848. The van der Waals surface area contributed by atoms with Gasteiger partial charge < -0.3 is 20.7 Å². The number of carbonyl (C=O) groups is 2. The molecule has 6 nitrogen and oxygen atoms in total. The first-order valence-corrected chi connectivity index (χ1v) is 7.76. The third kappa shape index (κ3) is 3.91. The molecule has 1 aliphatic carbocycles. The van der Waals surface area contributed by atoms with Crippen molar-refractivity contribution in [2.45, 2.75) is 44.1 Å². The van der Waals surface area contributed by atoms with Gasteiger partial charge in [0.1, 0.15) is 0 Å². The molecule has 0 unspecified atom stereocenters. The first kappa shape index (κ1) is 19.2. The van der Waals surface area contributed by atoms with Crippen molar-refractivity contribution in [3.05, 3.63) is 0 Å². The number of carbonyl (C=O) groups excluding carboxylic acids is 2. The lowest BCUT2D eigenvalue weighted by molar-refractivity contribution is -0.140. The fraction of sp³-hybridized carbons (Fsp3) is 0.867. The van der Waals surface area contributed by atoms with Crippen molar-refractivity contribution in [3.8, 4) is 0 Å². The second-order valence-corrected chi connectivity index (χ2v) is 6.64. The third-order valence-electron chi connectivity index (χ3n) is 4.85. The lowest BCUT2D eigenvalue weighted by Crippen LogP contribution is -2.59. The smallest absolute Gasteiger partial charge is 0.240 e. The van der Waals surface area contributed by atoms with Crippen molar-refractivity contribution in [1.82, 2.24) is 10.2 Å². The van der Waals surface area contributed by atoms with Gasteiger partial charge in [-0.2, -0.15) is 0 Å². The van der Waals surface area contributed by atoms with Gasteiger partial charge in [0.05, 0.1) is 11.0 Å². The Kier molecular flexibility index (Phi) is 6.65. The lowest BCUT2D eigenvalue weighted by Gasteiger charge is -2.35. The number of hydrogen-bond donors (Lipinski definition) is 2. The van der Waals surface area contributed by atoms with E-state index in [9.17, 15) is 9.59 Å². The Morgan fingerprint density at radius 2 is 1.68 bits per heavy atom. The zero-order valence-corrected chi connectivity index (χ0v) is 14.3. The minimum Gasteiger partial charge on any atom is -0.381 e. The summed E-state index contributed by atoms with van der Waals surface area (Å²) in [5.74, 6) is -0.0398. The predicted molar refractivity (Wildman–Crippen MR) is 86.8 cm³/mol. The molecule has 128 valence electrons. The Morgan fingerprint density at radius 3 is 2.18 bits per heavy atom. The van der Waals surface area contributed by atoms with E-state index in [0.717, 1.165) is 25.7 Å². The zero-order valence-electron chi connectivity index (χ0n) is 13.5. The van der Waals surface area contributed by atoms with E-state index in [4.69, 9.17) is 10.5 Å². The van der Waals surface area contributed by atoms with Crippen molar-refractivity contribution < 1.29 is 14.3 Å². The van der Waals surface area contributed by atoms with Crippen molar-refractivity contribution in [2.24, 2.45) is 11.1 Å². The van der Waals surface area contributed by atoms with Gasteiger partial charge in [0.15, 0.2) is 0 Å². The van der Waals surface area contributed by atoms with E-state index in [0.29, 0.717) is 32.6 Å². The number of halogens is 1. The first-order chi connectivity index (χ1) is 9.90. The highest BCUT2D eigenvalue weighted by Crippen LogP contribution is 2.39. The molecule has 0 aromatic carbocycles. The Labute approximate surface area is 138 Å². The standard InChI is InChI=1S/C15H27N3O3.ClH/c1-18(2)13(20)14(5-3-4-6-14)11-17-12(19)15(16)7-9-21-10-8-15;/h3-11,16H2,1-2H3,(H,17,19);1H. The molecule has 0 aromatic heterocycles. The highest BCUT2D eigenvalue weighted by Gasteiger charge is 2.44. The van der Waals surface area contributed by atoms with Gasteiger partial charge in [0.2, 0.25) is 11.8 Å². The van der Waals surface area contributed by atoms with Crippen molar-refractivity contribution in [3.63, 3.8) is 0 Å². The van der Waals surface area contributed by atoms with Crippen LogP contribution in [0.4, 0.5) is 0 Å². The van der Waals surface area contributed by atoms with Crippen LogP contribution in [0.5, 0.6) is 0 Å². The molecule has 1 saturated heterocycles. The monoisotopic (exact) mass is 333 g/mol. The molecule has 0 atom stereocenters. The molecule has 1 heterocycles. The Morgan fingerprint density at radius 1 is 1.14 bits per heavy atom. The molecule has 0 bridgehead atoms. The summed E-state index contributed by atoms with van der Waals surface area (Å²) < 4.78 is 5.26. The summed E-state index contributed by atoms with van der Waals surface area (Å²) in [7, 11) is 3.54. The summed E-state index contributed by atoms with van der Waals surface area (Å²) in [6, 6.07) is 0. The van der Waals surface area contributed by atoms with Gasteiger partial charge in [-0.1, -0.05) is 12.8 Å². The number of nitrogens with two attached hydrogens (primary N) is 1. The van der Waals surface area contributed by atoms with Crippen LogP contribution in [0.1, 0.15) is 38.5 Å². The third-order valence-corrected chi connectivity index (χ3v) is 4.85. The predicted octanol–water partition coefficient (Wildman–Crippen LogP) is 0.681. The molecule has 0 radical (unpaired) electrons. The average Bonchev–Trinajstić information content (AvgIpc) is 2.94. The first-order valence-electron chi connectivity index (χ1n) is 7.76. The number of amides is 2. The maximum Gasteiger partial charge on any atom is 0.240 e. The second-order valence-electron chi connectivity index (χ2n) is 6.64. The molecule has 22 heavy (non-hydrogen) atoms. The zero-order chi connectivity index (χ0) is 15.5. The van der Waals surface area contributed by atoms with Crippen LogP contribution in [0, 0.1) is 5.41 Å². The Hall–Kier alpha value is -0.850. The normalized spacial score (nSPS) is 22.5. The largest absolute Gasteiger partial charge is 0.381 e. The maximum atomic E-state index is 12.5. The fourth-order valence-electron chi connectivity index (χ4n) is 3.38. The van der Waals surface area contributed by atoms with E-state index >= 15 is 0 Å². The van der Waals surface area contributed by atoms with Crippen LogP contribution in [0.2, 0.25) is 0 Å². The summed E-state index contributed by atoms with van der Waals surface area (Å²) in [4.78, 5) is 26.5. The van der Waals surface area contributed by atoms with Crippen molar-refractivity contribution in [1.29, 1.82) is 0 Å². The lowest BCUT2D eigenvalue weighted by atomic mass is 9.83. The van der Waals surface area contributed by atoms with E-state index in [1.165, 1.54) is 0 Å². The molecule has 2 fully saturated rings. The quantitative estimate of drug-likeness (QED) is 0.792. The molecule has 2 aliphatic rings. The molecular weight excluding hydrogens is 306 g/mol. The number of nitrogens with zero attached hydrogens (tertiary/aromatic N) is 1. The maximum absolute atomic E-state index is 12.5.